The molecule has 0 saturated heterocycles. The summed E-state index contributed by atoms with van der Waals surface area (Å²) >= 11 is 5.29. The zero-order valence-corrected chi connectivity index (χ0v) is 11.7. The van der Waals surface area contributed by atoms with Crippen LogP contribution in [0.4, 0.5) is 22.0 Å². The van der Waals surface area contributed by atoms with Gasteiger partial charge < -0.3 is 4.74 Å². The van der Waals surface area contributed by atoms with E-state index >= 15 is 0 Å². The molecule has 1 rings (SSSR count). The Morgan fingerprint density at radius 1 is 1.18 bits per heavy atom. The van der Waals surface area contributed by atoms with Crippen LogP contribution in [0.25, 0.3) is 0 Å². The van der Waals surface area contributed by atoms with Crippen molar-refractivity contribution in [3.05, 3.63) is 21.1 Å². The van der Waals surface area contributed by atoms with Crippen LogP contribution in [0.1, 0.15) is 0 Å². The van der Waals surface area contributed by atoms with Gasteiger partial charge in [-0.3, -0.25) is 0 Å². The van der Waals surface area contributed by atoms with Gasteiger partial charge in [0.05, 0.1) is 4.47 Å². The number of hydrogen-bond donors (Lipinski definition) is 0. The van der Waals surface area contributed by atoms with Gasteiger partial charge in [0.15, 0.2) is 0 Å². The Labute approximate surface area is 114 Å². The molecule has 0 aromatic heterocycles. The van der Waals surface area contributed by atoms with Crippen molar-refractivity contribution >= 4 is 43.6 Å². The lowest BCUT2D eigenvalue weighted by Crippen LogP contribution is -2.04. The van der Waals surface area contributed by atoms with Crippen LogP contribution >= 0.6 is 43.6 Å². The Morgan fingerprint density at radius 3 is 2.24 bits per heavy atom. The summed E-state index contributed by atoms with van der Waals surface area (Å²) in [4.78, 5) is -0.268. The number of ether oxygens (including phenoxy) is 1. The number of hydrogen-bond acceptors (Lipinski definition) is 2. The van der Waals surface area contributed by atoms with Crippen LogP contribution in [0.3, 0.4) is 0 Å². The molecule has 0 heterocycles. The van der Waals surface area contributed by atoms with E-state index in [1.807, 2.05) is 0 Å². The van der Waals surface area contributed by atoms with Crippen LogP contribution in [0.5, 0.6) is 5.75 Å². The lowest BCUT2D eigenvalue weighted by atomic mass is 10.3. The van der Waals surface area contributed by atoms with E-state index in [0.717, 1.165) is 6.07 Å². The third-order valence-corrected chi connectivity index (χ3v) is 4.28. The summed E-state index contributed by atoms with van der Waals surface area (Å²) in [6.45, 7) is -3.10. The predicted molar refractivity (Wildman–Crippen MR) is 60.4 cm³/mol. The fraction of sp³-hybridized carbons (Fsp3) is 0.250. The first-order valence-corrected chi connectivity index (χ1v) is 6.29. The molecule has 0 bridgehead atoms. The van der Waals surface area contributed by atoms with Crippen molar-refractivity contribution in [2.24, 2.45) is 0 Å². The summed E-state index contributed by atoms with van der Waals surface area (Å²) < 4.78 is 64.7. The molecular weight excluding hydrogens is 399 g/mol. The minimum absolute atomic E-state index is 0.133. The van der Waals surface area contributed by atoms with Gasteiger partial charge in [0, 0.05) is 9.37 Å². The fourth-order valence-electron chi connectivity index (χ4n) is 0.911. The highest BCUT2D eigenvalue weighted by molar-refractivity contribution is 9.11. The molecule has 0 radical (unpaired) electrons. The molecule has 0 fully saturated rings. The van der Waals surface area contributed by atoms with Crippen LogP contribution in [-0.4, -0.2) is 12.1 Å². The van der Waals surface area contributed by atoms with Crippen molar-refractivity contribution in [3.8, 4) is 5.75 Å². The van der Waals surface area contributed by atoms with E-state index < -0.39 is 23.9 Å². The minimum Gasteiger partial charge on any atom is -0.434 e. The molecule has 0 aliphatic carbocycles. The fourth-order valence-corrected chi connectivity index (χ4v) is 3.02. The largest absolute Gasteiger partial charge is 0.446 e. The van der Waals surface area contributed by atoms with Crippen LogP contribution in [0.15, 0.2) is 26.0 Å². The van der Waals surface area contributed by atoms with Gasteiger partial charge in [0.1, 0.15) is 5.75 Å². The Kier molecular flexibility index (Phi) is 5.08. The van der Waals surface area contributed by atoms with Gasteiger partial charge in [-0.1, -0.05) is 0 Å². The van der Waals surface area contributed by atoms with Crippen LogP contribution in [0, 0.1) is 0 Å². The first kappa shape index (κ1) is 15.0. The van der Waals surface area contributed by atoms with E-state index in [1.54, 1.807) is 0 Å². The number of benzene rings is 1. The van der Waals surface area contributed by atoms with Crippen LogP contribution in [-0.2, 0) is 0 Å². The average molecular weight is 402 g/mol. The molecule has 1 aromatic carbocycles. The minimum atomic E-state index is -4.52. The molecule has 0 atom stereocenters. The molecule has 0 amide bonds. The second-order valence-electron chi connectivity index (χ2n) is 2.61. The summed E-state index contributed by atoms with van der Waals surface area (Å²) in [7, 11) is 0. The van der Waals surface area contributed by atoms with Crippen molar-refractivity contribution in [2.45, 2.75) is 17.0 Å². The van der Waals surface area contributed by atoms with Crippen molar-refractivity contribution in [1.82, 2.24) is 0 Å². The zero-order chi connectivity index (χ0) is 13.2. The second kappa shape index (κ2) is 5.75. The van der Waals surface area contributed by atoms with Gasteiger partial charge in [-0.25, -0.2) is 0 Å². The Morgan fingerprint density at radius 2 is 1.76 bits per heavy atom. The number of rotatable bonds is 3. The number of halogens is 7. The molecule has 17 heavy (non-hydrogen) atoms. The summed E-state index contributed by atoms with van der Waals surface area (Å²) in [5.41, 5.74) is -4.52. The SMILES string of the molecule is FC(F)Oc1ccc(Br)c(SC(F)(F)F)c1Br. The van der Waals surface area contributed by atoms with E-state index in [1.165, 1.54) is 6.07 Å². The third-order valence-electron chi connectivity index (χ3n) is 1.45. The average Bonchev–Trinajstić information content (AvgIpc) is 2.15. The van der Waals surface area contributed by atoms with Gasteiger partial charge in [0.25, 0.3) is 0 Å². The highest BCUT2D eigenvalue weighted by Crippen LogP contribution is 2.47. The van der Waals surface area contributed by atoms with Gasteiger partial charge >= 0.3 is 12.1 Å². The molecular formula is C8H3Br2F5OS. The summed E-state index contributed by atoms with van der Waals surface area (Å²) in [6, 6.07) is 2.34. The smallest absolute Gasteiger partial charge is 0.434 e. The predicted octanol–water partition coefficient (Wildman–Crippen LogP) is 5.42. The molecule has 1 aromatic rings. The third kappa shape index (κ3) is 4.63. The summed E-state index contributed by atoms with van der Waals surface area (Å²) in [6.07, 6.45) is 0. The molecule has 0 aliphatic rings. The zero-order valence-electron chi connectivity index (χ0n) is 7.69. The van der Waals surface area contributed by atoms with Gasteiger partial charge in [-0.2, -0.15) is 22.0 Å². The monoisotopic (exact) mass is 400 g/mol. The summed E-state index contributed by atoms with van der Waals surface area (Å²) in [5, 5.41) is 0. The molecule has 0 aliphatic heterocycles. The molecule has 0 N–H and O–H groups in total. The van der Waals surface area contributed by atoms with E-state index in [4.69, 9.17) is 0 Å². The number of thioether (sulfide) groups is 1. The standard InChI is InChI=1S/C8H3Br2F5OS/c9-3-1-2-4(16-7(11)12)5(10)6(3)17-8(13,14)15/h1-2,7H. The maximum Gasteiger partial charge on any atom is 0.446 e. The Bertz CT molecular complexity index is 410. The van der Waals surface area contributed by atoms with Gasteiger partial charge in [-0.15, -0.1) is 0 Å². The lowest BCUT2D eigenvalue weighted by molar-refractivity contribution is -0.0505. The van der Waals surface area contributed by atoms with E-state index in [-0.39, 0.29) is 19.6 Å². The van der Waals surface area contributed by atoms with Crippen LogP contribution in [0.2, 0.25) is 0 Å². The van der Waals surface area contributed by atoms with E-state index in [2.05, 4.69) is 36.6 Å². The quantitative estimate of drug-likeness (QED) is 0.493. The maximum absolute atomic E-state index is 12.2. The van der Waals surface area contributed by atoms with Crippen molar-refractivity contribution in [3.63, 3.8) is 0 Å². The van der Waals surface area contributed by atoms with E-state index in [0.29, 0.717) is 0 Å². The number of alkyl halides is 5. The lowest BCUT2D eigenvalue weighted by Gasteiger charge is -2.13. The van der Waals surface area contributed by atoms with Crippen molar-refractivity contribution in [1.29, 1.82) is 0 Å². The maximum atomic E-state index is 12.2. The molecule has 0 spiro atoms. The van der Waals surface area contributed by atoms with E-state index in [9.17, 15) is 22.0 Å². The van der Waals surface area contributed by atoms with Crippen LogP contribution < -0.4 is 4.74 Å². The first-order valence-electron chi connectivity index (χ1n) is 3.89. The van der Waals surface area contributed by atoms with Gasteiger partial charge in [0.2, 0.25) is 0 Å². The topological polar surface area (TPSA) is 9.23 Å². The molecule has 0 unspecified atom stereocenters. The van der Waals surface area contributed by atoms with Crippen molar-refractivity contribution < 1.29 is 26.7 Å². The molecule has 1 nitrogen and oxygen atoms in total. The van der Waals surface area contributed by atoms with Gasteiger partial charge in [-0.05, 0) is 55.8 Å². The normalized spacial score (nSPS) is 12.0. The van der Waals surface area contributed by atoms with Crippen molar-refractivity contribution in [2.75, 3.05) is 0 Å². The molecule has 96 valence electrons. The highest BCUT2D eigenvalue weighted by atomic mass is 79.9. The summed E-state index contributed by atoms with van der Waals surface area (Å²) in [5.74, 6) is -0.352. The molecule has 9 heteroatoms. The highest BCUT2D eigenvalue weighted by Gasteiger charge is 2.32. The first-order chi connectivity index (χ1) is 7.70. The Balaban J connectivity index is 3.11. The second-order valence-corrected chi connectivity index (χ2v) is 5.34. The molecule has 0 saturated carbocycles. The Hall–Kier alpha value is -0.0200.